The van der Waals surface area contributed by atoms with Crippen LogP contribution in [0, 0.1) is 0 Å². The molecule has 0 fully saturated rings. The summed E-state index contributed by atoms with van der Waals surface area (Å²) < 4.78 is 30.4. The Kier molecular flexibility index (Phi) is 5.81. The number of carbonyl (C=O) groups excluding carboxylic acids is 1. The highest BCUT2D eigenvalue weighted by Crippen LogP contribution is 2.19. The van der Waals surface area contributed by atoms with Gasteiger partial charge < -0.3 is 10.1 Å². The van der Waals surface area contributed by atoms with Crippen LogP contribution in [0.25, 0.3) is 0 Å². The minimum Gasteiger partial charge on any atom is -0.497 e. The second kappa shape index (κ2) is 7.67. The zero-order chi connectivity index (χ0) is 18.6. The van der Waals surface area contributed by atoms with Crippen LogP contribution >= 0.6 is 0 Å². The number of rotatable bonds is 6. The number of hydrogen-bond donors (Lipinski definition) is 1. The first-order valence-electron chi connectivity index (χ1n) is 7.73. The smallest absolute Gasteiger partial charge is 0.251 e. The zero-order valence-corrected chi connectivity index (χ0v) is 15.5. The molecule has 0 aromatic heterocycles. The lowest BCUT2D eigenvalue weighted by atomic mass is 10.1. The molecule has 0 heterocycles. The van der Waals surface area contributed by atoms with Gasteiger partial charge in [-0.2, -0.15) is 0 Å². The molecule has 2 rings (SSSR count). The molecular formula is C18H22N2O4S. The Morgan fingerprint density at radius 2 is 1.76 bits per heavy atom. The number of ether oxygens (including phenoxy) is 1. The van der Waals surface area contributed by atoms with Crippen LogP contribution in [0.3, 0.4) is 0 Å². The lowest BCUT2D eigenvalue weighted by Crippen LogP contribution is -2.26. The first-order valence-corrected chi connectivity index (χ1v) is 9.17. The fourth-order valence-corrected chi connectivity index (χ4v) is 3.17. The van der Waals surface area contributed by atoms with Gasteiger partial charge in [0.25, 0.3) is 5.91 Å². The summed E-state index contributed by atoms with van der Waals surface area (Å²) in [5.41, 5.74) is 1.31. The predicted octanol–water partition coefficient (Wildman–Crippen LogP) is 2.44. The van der Waals surface area contributed by atoms with Crippen LogP contribution < -0.4 is 10.1 Å². The molecule has 134 valence electrons. The molecule has 1 unspecified atom stereocenters. The lowest BCUT2D eigenvalue weighted by Gasteiger charge is -2.16. The van der Waals surface area contributed by atoms with E-state index in [1.54, 1.807) is 55.6 Å². The van der Waals surface area contributed by atoms with E-state index in [9.17, 15) is 13.2 Å². The molecule has 25 heavy (non-hydrogen) atoms. The van der Waals surface area contributed by atoms with Gasteiger partial charge >= 0.3 is 0 Å². The Labute approximate surface area is 148 Å². The summed E-state index contributed by atoms with van der Waals surface area (Å²) in [6.45, 7) is 1.84. The van der Waals surface area contributed by atoms with Gasteiger partial charge in [-0.3, -0.25) is 4.79 Å². The highest BCUT2D eigenvalue weighted by molar-refractivity contribution is 7.89. The maximum Gasteiger partial charge on any atom is 0.251 e. The van der Waals surface area contributed by atoms with Crippen LogP contribution in [0.4, 0.5) is 0 Å². The first-order chi connectivity index (χ1) is 11.8. The van der Waals surface area contributed by atoms with Gasteiger partial charge in [0.05, 0.1) is 18.0 Å². The van der Waals surface area contributed by atoms with E-state index in [2.05, 4.69) is 5.32 Å². The summed E-state index contributed by atoms with van der Waals surface area (Å²) in [5.74, 6) is 0.384. The van der Waals surface area contributed by atoms with Crippen LogP contribution in [0.1, 0.15) is 28.9 Å². The van der Waals surface area contributed by atoms with Gasteiger partial charge in [0.15, 0.2) is 0 Å². The summed E-state index contributed by atoms with van der Waals surface area (Å²) in [5, 5.41) is 2.89. The molecule has 0 bridgehead atoms. The average molecular weight is 362 g/mol. The topological polar surface area (TPSA) is 75.7 Å². The highest BCUT2D eigenvalue weighted by Gasteiger charge is 2.18. The van der Waals surface area contributed by atoms with Crippen LogP contribution in [0.2, 0.25) is 0 Å². The summed E-state index contributed by atoms with van der Waals surface area (Å²) >= 11 is 0. The first kappa shape index (κ1) is 19.0. The van der Waals surface area contributed by atoms with Crippen molar-refractivity contribution in [3.63, 3.8) is 0 Å². The maximum absolute atomic E-state index is 12.3. The third-order valence-corrected chi connectivity index (χ3v) is 5.67. The molecule has 0 aliphatic heterocycles. The molecular weight excluding hydrogens is 340 g/mol. The number of benzene rings is 2. The monoisotopic (exact) mass is 362 g/mol. The van der Waals surface area contributed by atoms with Crippen LogP contribution in [-0.2, 0) is 10.0 Å². The van der Waals surface area contributed by atoms with E-state index in [0.29, 0.717) is 11.3 Å². The molecule has 0 saturated carbocycles. The van der Waals surface area contributed by atoms with Crippen LogP contribution in [0.5, 0.6) is 5.75 Å². The molecule has 1 atom stereocenters. The van der Waals surface area contributed by atoms with Crippen molar-refractivity contribution in [3.8, 4) is 5.75 Å². The summed E-state index contributed by atoms with van der Waals surface area (Å²) in [4.78, 5) is 12.6. The SMILES string of the molecule is COc1cccc(C(=O)NC(C)c2ccc(S(=O)(=O)N(C)C)cc2)c1. The van der Waals surface area contributed by atoms with Gasteiger partial charge in [-0.05, 0) is 42.8 Å². The van der Waals surface area contributed by atoms with Crippen LogP contribution in [-0.4, -0.2) is 39.8 Å². The second-order valence-corrected chi connectivity index (χ2v) is 7.94. The number of hydrogen-bond acceptors (Lipinski definition) is 4. The number of nitrogens with one attached hydrogen (secondary N) is 1. The van der Waals surface area contributed by atoms with Crippen molar-refractivity contribution in [2.75, 3.05) is 21.2 Å². The van der Waals surface area contributed by atoms with Crippen molar-refractivity contribution in [3.05, 3.63) is 59.7 Å². The largest absolute Gasteiger partial charge is 0.497 e. The molecule has 0 saturated heterocycles. The molecule has 6 nitrogen and oxygen atoms in total. The zero-order valence-electron chi connectivity index (χ0n) is 14.7. The van der Waals surface area contributed by atoms with Crippen molar-refractivity contribution >= 4 is 15.9 Å². The van der Waals surface area contributed by atoms with Gasteiger partial charge in [-0.1, -0.05) is 18.2 Å². The van der Waals surface area contributed by atoms with Crippen molar-refractivity contribution in [2.24, 2.45) is 0 Å². The van der Waals surface area contributed by atoms with Gasteiger partial charge in [-0.15, -0.1) is 0 Å². The number of methoxy groups -OCH3 is 1. The van der Waals surface area contributed by atoms with Crippen LogP contribution in [0.15, 0.2) is 53.4 Å². The summed E-state index contributed by atoms with van der Waals surface area (Å²) in [7, 11) is 1.06. The fraction of sp³-hybridized carbons (Fsp3) is 0.278. The molecule has 0 aliphatic carbocycles. The van der Waals surface area contributed by atoms with E-state index in [0.717, 1.165) is 9.87 Å². The minimum absolute atomic E-state index is 0.215. The van der Waals surface area contributed by atoms with Gasteiger partial charge in [0.1, 0.15) is 5.75 Å². The van der Waals surface area contributed by atoms with Gasteiger partial charge in [-0.25, -0.2) is 12.7 Å². The molecule has 0 spiro atoms. The van der Waals surface area contributed by atoms with E-state index in [4.69, 9.17) is 4.74 Å². The Morgan fingerprint density at radius 3 is 2.32 bits per heavy atom. The van der Waals surface area contributed by atoms with Gasteiger partial charge in [0, 0.05) is 19.7 Å². The Balaban J connectivity index is 2.13. The molecule has 1 N–H and O–H groups in total. The number of amides is 1. The predicted molar refractivity (Wildman–Crippen MR) is 96.2 cm³/mol. The van der Waals surface area contributed by atoms with E-state index in [-0.39, 0.29) is 16.8 Å². The quantitative estimate of drug-likeness (QED) is 0.856. The molecule has 0 aliphatic rings. The number of sulfonamides is 1. The van der Waals surface area contributed by atoms with E-state index < -0.39 is 10.0 Å². The molecule has 1 amide bonds. The average Bonchev–Trinajstić information content (AvgIpc) is 2.61. The normalized spacial score (nSPS) is 12.7. The standard InChI is InChI=1S/C18H22N2O4S/c1-13(19-18(21)15-6-5-7-16(12-15)24-4)14-8-10-17(11-9-14)25(22,23)20(2)3/h5-13H,1-4H3,(H,19,21). The Bertz CT molecular complexity index is 846. The van der Waals surface area contributed by atoms with Crippen molar-refractivity contribution in [1.82, 2.24) is 9.62 Å². The second-order valence-electron chi connectivity index (χ2n) is 5.78. The fourth-order valence-electron chi connectivity index (χ4n) is 2.27. The lowest BCUT2D eigenvalue weighted by molar-refractivity contribution is 0.0939. The minimum atomic E-state index is -3.46. The Morgan fingerprint density at radius 1 is 1.12 bits per heavy atom. The van der Waals surface area contributed by atoms with Crippen molar-refractivity contribution in [2.45, 2.75) is 17.9 Å². The summed E-state index contributed by atoms with van der Waals surface area (Å²) in [6, 6.07) is 13.1. The third-order valence-electron chi connectivity index (χ3n) is 3.84. The van der Waals surface area contributed by atoms with Crippen molar-refractivity contribution in [1.29, 1.82) is 0 Å². The molecule has 0 radical (unpaired) electrons. The van der Waals surface area contributed by atoms with E-state index >= 15 is 0 Å². The van der Waals surface area contributed by atoms with E-state index in [1.165, 1.54) is 14.1 Å². The summed E-state index contributed by atoms with van der Waals surface area (Å²) in [6.07, 6.45) is 0. The molecule has 7 heteroatoms. The molecule has 2 aromatic rings. The number of nitrogens with zero attached hydrogens (tertiary/aromatic N) is 1. The van der Waals surface area contributed by atoms with E-state index in [1.807, 2.05) is 6.92 Å². The maximum atomic E-state index is 12.3. The highest BCUT2D eigenvalue weighted by atomic mass is 32.2. The molecule has 2 aromatic carbocycles. The Hall–Kier alpha value is -2.38. The van der Waals surface area contributed by atoms with Crippen molar-refractivity contribution < 1.29 is 17.9 Å². The van der Waals surface area contributed by atoms with Gasteiger partial charge in [0.2, 0.25) is 10.0 Å². The number of carbonyl (C=O) groups is 1. The third kappa shape index (κ3) is 4.37.